The highest BCUT2D eigenvalue weighted by Gasteiger charge is 2.14. The maximum Gasteiger partial charge on any atom is 0.244 e. The van der Waals surface area contributed by atoms with Gasteiger partial charge in [0.15, 0.2) is 0 Å². The van der Waals surface area contributed by atoms with Gasteiger partial charge in [0, 0.05) is 5.69 Å². The summed E-state index contributed by atoms with van der Waals surface area (Å²) in [6.07, 6.45) is 0. The van der Waals surface area contributed by atoms with Gasteiger partial charge in [-0.25, -0.2) is 4.98 Å². The minimum Gasteiger partial charge on any atom is -0.486 e. The Bertz CT molecular complexity index is 1360. The van der Waals surface area contributed by atoms with Crippen LogP contribution in [0.5, 0.6) is 5.75 Å². The lowest BCUT2D eigenvalue weighted by Gasteiger charge is -2.11. The quantitative estimate of drug-likeness (QED) is 0.410. The Hall–Kier alpha value is -4.12. The molecule has 0 bridgehead atoms. The largest absolute Gasteiger partial charge is 0.486 e. The first-order chi connectivity index (χ1) is 15.3. The minimum absolute atomic E-state index is 0.110. The molecule has 0 aliphatic carbocycles. The first kappa shape index (κ1) is 18.9. The number of nitrogens with zero attached hydrogens (tertiary/aromatic N) is 2. The third-order valence-corrected chi connectivity index (χ3v) is 5.18. The lowest BCUT2D eigenvalue weighted by Crippen LogP contribution is -2.20. The maximum absolute atomic E-state index is 12.7. The molecule has 0 unspecified atom stereocenters. The van der Waals surface area contributed by atoms with Crippen molar-refractivity contribution in [3.8, 4) is 5.75 Å². The molecule has 5 nitrogen and oxygen atoms in total. The normalized spacial score (nSPS) is 11.0. The molecule has 31 heavy (non-hydrogen) atoms. The standard InChI is InChI=1S/C26H21N3O2/c30-26(27-21-10-2-1-3-11-21)17-29-24-13-7-6-12-23(24)28-25(29)18-31-22-15-14-19-8-4-5-9-20(19)16-22/h1-16H,17-18H2,(H,27,30). The van der Waals surface area contributed by atoms with Gasteiger partial charge >= 0.3 is 0 Å². The van der Waals surface area contributed by atoms with Crippen molar-refractivity contribution in [3.05, 3.63) is 103 Å². The molecule has 152 valence electrons. The molecule has 4 aromatic carbocycles. The summed E-state index contributed by atoms with van der Waals surface area (Å²) < 4.78 is 7.97. The van der Waals surface area contributed by atoms with E-state index in [1.807, 2.05) is 89.5 Å². The van der Waals surface area contributed by atoms with Crippen LogP contribution >= 0.6 is 0 Å². The molecule has 0 saturated carbocycles. The second-order valence-corrected chi connectivity index (χ2v) is 7.31. The number of rotatable bonds is 6. The summed E-state index contributed by atoms with van der Waals surface area (Å²) in [4.78, 5) is 17.4. The predicted octanol–water partition coefficient (Wildman–Crippen LogP) is 5.41. The minimum atomic E-state index is -0.110. The molecule has 0 saturated heterocycles. The van der Waals surface area contributed by atoms with Gasteiger partial charge in [0.25, 0.3) is 0 Å². The third kappa shape index (κ3) is 4.12. The molecule has 1 heterocycles. The van der Waals surface area contributed by atoms with Crippen molar-refractivity contribution < 1.29 is 9.53 Å². The number of fused-ring (bicyclic) bond motifs is 2. The highest BCUT2D eigenvalue weighted by molar-refractivity contribution is 5.91. The molecule has 0 aliphatic rings. The third-order valence-electron chi connectivity index (χ3n) is 5.18. The van der Waals surface area contributed by atoms with Crippen LogP contribution in [-0.4, -0.2) is 15.5 Å². The van der Waals surface area contributed by atoms with Gasteiger partial charge < -0.3 is 14.6 Å². The summed E-state index contributed by atoms with van der Waals surface area (Å²) in [5, 5.41) is 5.23. The van der Waals surface area contributed by atoms with E-state index in [9.17, 15) is 4.79 Å². The Morgan fingerprint density at radius 1 is 0.839 bits per heavy atom. The lowest BCUT2D eigenvalue weighted by molar-refractivity contribution is -0.116. The van der Waals surface area contributed by atoms with Gasteiger partial charge in [-0.1, -0.05) is 60.7 Å². The highest BCUT2D eigenvalue weighted by atomic mass is 16.5. The zero-order chi connectivity index (χ0) is 21.0. The number of imidazole rings is 1. The Morgan fingerprint density at radius 3 is 2.45 bits per heavy atom. The summed E-state index contributed by atoms with van der Waals surface area (Å²) in [5.41, 5.74) is 2.51. The summed E-state index contributed by atoms with van der Waals surface area (Å²) in [5.74, 6) is 1.37. The number of ether oxygens (including phenoxy) is 1. The predicted molar refractivity (Wildman–Crippen MR) is 123 cm³/mol. The summed E-state index contributed by atoms with van der Waals surface area (Å²) >= 11 is 0. The Kier molecular flexibility index (Phi) is 5.07. The van der Waals surface area contributed by atoms with E-state index in [-0.39, 0.29) is 19.1 Å². The van der Waals surface area contributed by atoms with Crippen LogP contribution in [0.25, 0.3) is 21.8 Å². The van der Waals surface area contributed by atoms with Gasteiger partial charge in [0.05, 0.1) is 11.0 Å². The van der Waals surface area contributed by atoms with E-state index in [0.717, 1.165) is 27.9 Å². The second kappa shape index (κ2) is 8.32. The molecule has 1 aromatic heterocycles. The van der Waals surface area contributed by atoms with Crippen LogP contribution in [0.15, 0.2) is 97.1 Å². The van der Waals surface area contributed by atoms with Gasteiger partial charge in [-0.3, -0.25) is 4.79 Å². The van der Waals surface area contributed by atoms with Crippen molar-refractivity contribution in [1.29, 1.82) is 0 Å². The van der Waals surface area contributed by atoms with Crippen LogP contribution in [0.3, 0.4) is 0 Å². The van der Waals surface area contributed by atoms with Crippen molar-refractivity contribution in [2.45, 2.75) is 13.2 Å². The molecule has 0 atom stereocenters. The van der Waals surface area contributed by atoms with Crippen LogP contribution in [0.4, 0.5) is 5.69 Å². The molecular formula is C26H21N3O2. The van der Waals surface area contributed by atoms with E-state index in [2.05, 4.69) is 17.4 Å². The number of nitrogens with one attached hydrogen (secondary N) is 1. The molecule has 1 amide bonds. The first-order valence-corrected chi connectivity index (χ1v) is 10.2. The van der Waals surface area contributed by atoms with Gasteiger partial charge in [0.1, 0.15) is 24.7 Å². The smallest absolute Gasteiger partial charge is 0.244 e. The molecule has 0 radical (unpaired) electrons. The van der Waals surface area contributed by atoms with Crippen molar-refractivity contribution >= 4 is 33.4 Å². The van der Waals surface area contributed by atoms with Gasteiger partial charge in [0.2, 0.25) is 5.91 Å². The number of amides is 1. The number of hydrogen-bond donors (Lipinski definition) is 1. The molecule has 0 aliphatic heterocycles. The lowest BCUT2D eigenvalue weighted by atomic mass is 10.1. The van der Waals surface area contributed by atoms with Crippen LogP contribution < -0.4 is 10.1 Å². The van der Waals surface area contributed by atoms with Gasteiger partial charge in [-0.15, -0.1) is 0 Å². The highest BCUT2D eigenvalue weighted by Crippen LogP contribution is 2.23. The number of anilines is 1. The molecule has 0 spiro atoms. The first-order valence-electron chi connectivity index (χ1n) is 10.2. The fourth-order valence-electron chi connectivity index (χ4n) is 3.68. The number of benzene rings is 4. The fraction of sp³-hybridized carbons (Fsp3) is 0.0769. The van der Waals surface area contributed by atoms with Crippen molar-refractivity contribution in [2.24, 2.45) is 0 Å². The number of hydrogen-bond acceptors (Lipinski definition) is 3. The van der Waals surface area contributed by atoms with E-state index in [0.29, 0.717) is 5.82 Å². The second-order valence-electron chi connectivity index (χ2n) is 7.31. The van der Waals surface area contributed by atoms with Crippen molar-refractivity contribution in [3.63, 3.8) is 0 Å². The molecule has 1 N–H and O–H groups in total. The zero-order valence-electron chi connectivity index (χ0n) is 16.9. The van der Waals surface area contributed by atoms with Crippen LogP contribution in [0.1, 0.15) is 5.82 Å². The van der Waals surface area contributed by atoms with E-state index in [1.54, 1.807) is 0 Å². The maximum atomic E-state index is 12.7. The van der Waals surface area contributed by atoms with Crippen LogP contribution in [0, 0.1) is 0 Å². The molecule has 0 fully saturated rings. The number of carbonyl (C=O) groups is 1. The monoisotopic (exact) mass is 407 g/mol. The number of para-hydroxylation sites is 3. The molecular weight excluding hydrogens is 386 g/mol. The number of aromatic nitrogens is 2. The van der Waals surface area contributed by atoms with Crippen LogP contribution in [0.2, 0.25) is 0 Å². The summed E-state index contributed by atoms with van der Waals surface area (Å²) in [7, 11) is 0. The zero-order valence-corrected chi connectivity index (χ0v) is 16.9. The summed E-state index contributed by atoms with van der Waals surface area (Å²) in [6, 6.07) is 31.4. The van der Waals surface area contributed by atoms with Crippen LogP contribution in [-0.2, 0) is 17.9 Å². The topological polar surface area (TPSA) is 56.2 Å². The van der Waals surface area contributed by atoms with Gasteiger partial charge in [-0.05, 0) is 47.2 Å². The van der Waals surface area contributed by atoms with Gasteiger partial charge in [-0.2, -0.15) is 0 Å². The average molecular weight is 407 g/mol. The fourth-order valence-corrected chi connectivity index (χ4v) is 3.68. The van der Waals surface area contributed by atoms with E-state index in [1.165, 1.54) is 5.39 Å². The Labute approximate surface area is 179 Å². The van der Waals surface area contributed by atoms with E-state index in [4.69, 9.17) is 9.72 Å². The summed E-state index contributed by atoms with van der Waals surface area (Å²) in [6.45, 7) is 0.428. The van der Waals surface area contributed by atoms with E-state index >= 15 is 0 Å². The van der Waals surface area contributed by atoms with Crippen molar-refractivity contribution in [2.75, 3.05) is 5.32 Å². The molecule has 5 aromatic rings. The average Bonchev–Trinajstić information content (AvgIpc) is 3.15. The SMILES string of the molecule is O=C(Cn1c(COc2ccc3ccccc3c2)nc2ccccc21)Nc1ccccc1. The Morgan fingerprint density at radius 2 is 1.58 bits per heavy atom. The van der Waals surface area contributed by atoms with E-state index < -0.39 is 0 Å². The molecule has 5 rings (SSSR count). The van der Waals surface area contributed by atoms with Crippen molar-refractivity contribution in [1.82, 2.24) is 9.55 Å². The number of carbonyl (C=O) groups excluding carboxylic acids is 1. The molecule has 5 heteroatoms. The Balaban J connectivity index is 1.39.